The smallest absolute Gasteiger partial charge is 0.111 e. The van der Waals surface area contributed by atoms with E-state index in [9.17, 15) is 0 Å². The Hall–Kier alpha value is -2.10. The van der Waals surface area contributed by atoms with Crippen molar-refractivity contribution in [3.63, 3.8) is 0 Å². The third kappa shape index (κ3) is 6.99. The fourth-order valence-electron chi connectivity index (χ4n) is 2.31. The van der Waals surface area contributed by atoms with Crippen molar-refractivity contribution in [3.8, 4) is 0 Å². The van der Waals surface area contributed by atoms with E-state index in [0.29, 0.717) is 26.4 Å². The topological polar surface area (TPSA) is 27.7 Å². The van der Waals surface area contributed by atoms with Crippen molar-refractivity contribution in [2.24, 2.45) is 0 Å². The molecule has 2 aromatic carbocycles. The van der Waals surface area contributed by atoms with Gasteiger partial charge in [-0.25, -0.2) is 0 Å². The predicted molar refractivity (Wildman–Crippen MR) is 97.8 cm³/mol. The fraction of sp³-hybridized carbons (Fsp3) is 0.333. The van der Waals surface area contributed by atoms with E-state index in [4.69, 9.17) is 14.2 Å². The van der Waals surface area contributed by atoms with Crippen LogP contribution in [0.15, 0.2) is 66.9 Å². The predicted octanol–water partition coefficient (Wildman–Crippen LogP) is 4.34. The second-order valence-electron chi connectivity index (χ2n) is 5.35. The third-order valence-corrected chi connectivity index (χ3v) is 3.53. The van der Waals surface area contributed by atoms with Crippen LogP contribution in [-0.4, -0.2) is 33.0 Å². The van der Waals surface area contributed by atoms with Crippen molar-refractivity contribution in [2.45, 2.75) is 13.3 Å². The van der Waals surface area contributed by atoms with Crippen LogP contribution >= 0.6 is 0 Å². The summed E-state index contributed by atoms with van der Waals surface area (Å²) in [6.07, 6.45) is 2.70. The minimum atomic E-state index is 0.539. The van der Waals surface area contributed by atoms with E-state index in [1.54, 1.807) is 0 Å². The summed E-state index contributed by atoms with van der Waals surface area (Å²) in [5, 5.41) is 0. The van der Waals surface area contributed by atoms with Crippen LogP contribution in [0.1, 0.15) is 18.1 Å². The van der Waals surface area contributed by atoms with E-state index in [2.05, 4.69) is 36.4 Å². The summed E-state index contributed by atoms with van der Waals surface area (Å²) < 4.78 is 16.4. The zero-order valence-corrected chi connectivity index (χ0v) is 14.3. The highest BCUT2D eigenvalue weighted by atomic mass is 16.5. The molecule has 2 rings (SSSR count). The average Bonchev–Trinajstić information content (AvgIpc) is 2.64. The van der Waals surface area contributed by atoms with Gasteiger partial charge in [-0.2, -0.15) is 0 Å². The normalized spacial score (nSPS) is 11.5. The zero-order chi connectivity index (χ0) is 16.9. The Labute approximate surface area is 144 Å². The first kappa shape index (κ1) is 18.2. The minimum absolute atomic E-state index is 0.539. The summed E-state index contributed by atoms with van der Waals surface area (Å²) >= 11 is 0. The van der Waals surface area contributed by atoms with Gasteiger partial charge in [-0.3, -0.25) is 0 Å². The van der Waals surface area contributed by atoms with E-state index in [1.165, 1.54) is 11.1 Å². The second-order valence-corrected chi connectivity index (χ2v) is 5.35. The lowest BCUT2D eigenvalue weighted by molar-refractivity contribution is 0.0343. The van der Waals surface area contributed by atoms with Gasteiger partial charge >= 0.3 is 0 Å². The molecule has 0 amide bonds. The Morgan fingerprint density at radius 3 is 2.12 bits per heavy atom. The maximum absolute atomic E-state index is 5.70. The first-order valence-electron chi connectivity index (χ1n) is 8.45. The third-order valence-electron chi connectivity index (χ3n) is 3.53. The fourth-order valence-corrected chi connectivity index (χ4v) is 2.31. The quantitative estimate of drug-likeness (QED) is 0.454. The van der Waals surface area contributed by atoms with Gasteiger partial charge in [0.1, 0.15) is 6.61 Å². The summed E-state index contributed by atoms with van der Waals surface area (Å²) in [5.74, 6) is 0. The van der Waals surface area contributed by atoms with Gasteiger partial charge in [0.2, 0.25) is 0 Å². The Kier molecular flexibility index (Phi) is 8.69. The SMILES string of the molecule is CCOCCOCCOC=C(Cc1ccccc1)c1ccccc1. The minimum Gasteiger partial charge on any atom is -0.498 e. The first-order valence-corrected chi connectivity index (χ1v) is 8.45. The molecule has 24 heavy (non-hydrogen) atoms. The van der Waals surface area contributed by atoms with Crippen LogP contribution in [0, 0.1) is 0 Å². The molecule has 0 heterocycles. The van der Waals surface area contributed by atoms with Gasteiger partial charge in [0.05, 0.1) is 26.1 Å². The summed E-state index contributed by atoms with van der Waals surface area (Å²) in [7, 11) is 0. The standard InChI is InChI=1S/C21H26O3/c1-2-22-13-14-23-15-16-24-18-21(20-11-7-4-8-12-20)17-19-9-5-3-6-10-19/h3-12,18H,2,13-17H2,1H3. The lowest BCUT2D eigenvalue weighted by Gasteiger charge is -2.10. The van der Waals surface area contributed by atoms with Crippen molar-refractivity contribution in [1.29, 1.82) is 0 Å². The molecule has 3 nitrogen and oxygen atoms in total. The second kappa shape index (κ2) is 11.4. The molecule has 0 fully saturated rings. The molecule has 0 aliphatic carbocycles. The van der Waals surface area contributed by atoms with Crippen LogP contribution in [0.4, 0.5) is 0 Å². The lowest BCUT2D eigenvalue weighted by atomic mass is 9.99. The summed E-state index contributed by atoms with van der Waals surface area (Å²) in [5.41, 5.74) is 3.61. The van der Waals surface area contributed by atoms with Crippen LogP contribution < -0.4 is 0 Å². The molecule has 0 aliphatic rings. The van der Waals surface area contributed by atoms with Crippen LogP contribution in [-0.2, 0) is 20.6 Å². The van der Waals surface area contributed by atoms with Crippen LogP contribution in [0.2, 0.25) is 0 Å². The molecular weight excluding hydrogens is 300 g/mol. The van der Waals surface area contributed by atoms with Gasteiger partial charge < -0.3 is 14.2 Å². The van der Waals surface area contributed by atoms with E-state index in [1.807, 2.05) is 37.5 Å². The molecule has 0 aromatic heterocycles. The van der Waals surface area contributed by atoms with Gasteiger partial charge in [-0.1, -0.05) is 60.7 Å². The van der Waals surface area contributed by atoms with E-state index >= 15 is 0 Å². The van der Waals surface area contributed by atoms with Gasteiger partial charge in [0.15, 0.2) is 0 Å². The number of hydrogen-bond donors (Lipinski definition) is 0. The molecule has 0 saturated carbocycles. The molecule has 3 heteroatoms. The summed E-state index contributed by atoms with van der Waals surface area (Å²) in [4.78, 5) is 0. The number of ether oxygens (including phenoxy) is 3. The molecule has 2 aromatic rings. The van der Waals surface area contributed by atoms with Gasteiger partial charge in [0.25, 0.3) is 0 Å². The molecule has 0 unspecified atom stereocenters. The molecule has 0 radical (unpaired) electrons. The van der Waals surface area contributed by atoms with Gasteiger partial charge in [-0.15, -0.1) is 0 Å². The Morgan fingerprint density at radius 1 is 0.792 bits per heavy atom. The molecule has 0 atom stereocenters. The average molecular weight is 326 g/mol. The van der Waals surface area contributed by atoms with Crippen LogP contribution in [0.5, 0.6) is 0 Å². The summed E-state index contributed by atoms with van der Waals surface area (Å²) in [6.45, 7) is 5.05. The molecule has 0 bridgehead atoms. The molecule has 0 aliphatic heterocycles. The van der Waals surface area contributed by atoms with E-state index in [-0.39, 0.29) is 0 Å². The molecule has 0 N–H and O–H groups in total. The first-order chi connectivity index (χ1) is 11.9. The molecule has 0 saturated heterocycles. The van der Waals surface area contributed by atoms with Gasteiger partial charge in [0, 0.05) is 13.0 Å². The number of benzene rings is 2. The summed E-state index contributed by atoms with van der Waals surface area (Å²) in [6, 6.07) is 20.8. The van der Waals surface area contributed by atoms with Crippen LogP contribution in [0.25, 0.3) is 5.57 Å². The number of allylic oxidation sites excluding steroid dienone is 1. The maximum atomic E-state index is 5.70. The number of rotatable bonds is 11. The largest absolute Gasteiger partial charge is 0.498 e. The van der Waals surface area contributed by atoms with Crippen molar-refractivity contribution in [1.82, 2.24) is 0 Å². The lowest BCUT2D eigenvalue weighted by Crippen LogP contribution is -2.08. The Bertz CT molecular complexity index is 579. The monoisotopic (exact) mass is 326 g/mol. The Morgan fingerprint density at radius 2 is 1.42 bits per heavy atom. The van der Waals surface area contributed by atoms with Crippen molar-refractivity contribution >= 4 is 5.57 Å². The highest BCUT2D eigenvalue weighted by Gasteiger charge is 2.03. The van der Waals surface area contributed by atoms with Crippen molar-refractivity contribution < 1.29 is 14.2 Å². The van der Waals surface area contributed by atoms with Crippen molar-refractivity contribution in [3.05, 3.63) is 78.1 Å². The Balaban J connectivity index is 1.86. The highest BCUT2D eigenvalue weighted by molar-refractivity contribution is 5.66. The van der Waals surface area contributed by atoms with E-state index < -0.39 is 0 Å². The highest BCUT2D eigenvalue weighted by Crippen LogP contribution is 2.19. The number of hydrogen-bond acceptors (Lipinski definition) is 3. The van der Waals surface area contributed by atoms with Crippen molar-refractivity contribution in [2.75, 3.05) is 33.0 Å². The molecular formula is C21H26O3. The molecule has 128 valence electrons. The molecule has 0 spiro atoms. The maximum Gasteiger partial charge on any atom is 0.111 e. The van der Waals surface area contributed by atoms with Crippen LogP contribution in [0.3, 0.4) is 0 Å². The van der Waals surface area contributed by atoms with E-state index in [0.717, 1.165) is 18.6 Å². The van der Waals surface area contributed by atoms with Gasteiger partial charge in [-0.05, 0) is 23.6 Å². The zero-order valence-electron chi connectivity index (χ0n) is 14.3.